The Bertz CT molecular complexity index is 1020. The molecule has 1 saturated heterocycles. The quantitative estimate of drug-likeness (QED) is 0.603. The SMILES string of the molecule is CC(C)COc1ccc(C2=C(N3CC(C)OC(C)C3)C(=O)N(Cc3ccncc3)C2=O)cc1. The van der Waals surface area contributed by atoms with Crippen LogP contribution in [0, 0.1) is 5.92 Å². The van der Waals surface area contributed by atoms with E-state index in [4.69, 9.17) is 9.47 Å². The van der Waals surface area contributed by atoms with Crippen LogP contribution in [0.2, 0.25) is 0 Å². The maximum Gasteiger partial charge on any atom is 0.278 e. The van der Waals surface area contributed by atoms with Gasteiger partial charge in [0, 0.05) is 25.5 Å². The summed E-state index contributed by atoms with van der Waals surface area (Å²) in [6.07, 6.45) is 3.26. The first-order valence-electron chi connectivity index (χ1n) is 11.5. The molecular formula is C26H31N3O4. The van der Waals surface area contributed by atoms with Gasteiger partial charge in [-0.1, -0.05) is 26.0 Å². The van der Waals surface area contributed by atoms with Gasteiger partial charge < -0.3 is 14.4 Å². The first-order chi connectivity index (χ1) is 15.8. The molecule has 2 unspecified atom stereocenters. The van der Waals surface area contributed by atoms with Crippen LogP contribution in [0.3, 0.4) is 0 Å². The number of morpholine rings is 1. The fraction of sp³-hybridized carbons (Fsp3) is 0.423. The zero-order chi connectivity index (χ0) is 23.5. The van der Waals surface area contributed by atoms with Crippen LogP contribution in [0.25, 0.3) is 5.57 Å². The number of ether oxygens (including phenoxy) is 2. The molecule has 174 valence electrons. The summed E-state index contributed by atoms with van der Waals surface area (Å²) in [5, 5.41) is 0. The third-order valence-electron chi connectivity index (χ3n) is 5.70. The summed E-state index contributed by atoms with van der Waals surface area (Å²) in [6, 6.07) is 11.1. The largest absolute Gasteiger partial charge is 0.493 e. The number of pyridine rings is 1. The lowest BCUT2D eigenvalue weighted by Gasteiger charge is -2.37. The van der Waals surface area contributed by atoms with E-state index in [9.17, 15) is 9.59 Å². The summed E-state index contributed by atoms with van der Waals surface area (Å²) in [7, 11) is 0. The highest BCUT2D eigenvalue weighted by Gasteiger charge is 2.43. The topological polar surface area (TPSA) is 72.0 Å². The van der Waals surface area contributed by atoms with Gasteiger partial charge in [0.25, 0.3) is 11.8 Å². The molecule has 2 aliphatic heterocycles. The minimum absolute atomic E-state index is 0.0357. The lowest BCUT2D eigenvalue weighted by Crippen LogP contribution is -2.46. The molecule has 33 heavy (non-hydrogen) atoms. The van der Waals surface area contributed by atoms with Crippen molar-refractivity contribution in [3.63, 3.8) is 0 Å². The fourth-order valence-electron chi connectivity index (χ4n) is 4.27. The third kappa shape index (κ3) is 5.09. The van der Waals surface area contributed by atoms with Crippen molar-refractivity contribution >= 4 is 17.4 Å². The normalized spacial score (nSPS) is 21.4. The van der Waals surface area contributed by atoms with Crippen molar-refractivity contribution in [1.82, 2.24) is 14.8 Å². The average molecular weight is 450 g/mol. The van der Waals surface area contributed by atoms with E-state index in [0.717, 1.165) is 11.3 Å². The minimum atomic E-state index is -0.283. The summed E-state index contributed by atoms with van der Waals surface area (Å²) < 4.78 is 11.7. The number of amides is 2. The van der Waals surface area contributed by atoms with Crippen LogP contribution in [0.4, 0.5) is 0 Å². The summed E-state index contributed by atoms with van der Waals surface area (Å²) in [5.74, 6) is 0.608. The predicted octanol–water partition coefficient (Wildman–Crippen LogP) is 3.51. The zero-order valence-corrected chi connectivity index (χ0v) is 19.7. The Morgan fingerprint density at radius 2 is 1.64 bits per heavy atom. The van der Waals surface area contributed by atoms with E-state index in [0.29, 0.717) is 42.4 Å². The summed E-state index contributed by atoms with van der Waals surface area (Å²) in [6.45, 7) is 10.1. The lowest BCUT2D eigenvalue weighted by atomic mass is 10.0. The van der Waals surface area contributed by atoms with Crippen LogP contribution in [0.1, 0.15) is 38.8 Å². The van der Waals surface area contributed by atoms with Gasteiger partial charge in [0.15, 0.2) is 0 Å². The van der Waals surface area contributed by atoms with Crippen LogP contribution in [-0.4, -0.2) is 58.5 Å². The third-order valence-corrected chi connectivity index (χ3v) is 5.70. The molecule has 1 fully saturated rings. The van der Waals surface area contributed by atoms with Gasteiger partial charge in [0.2, 0.25) is 0 Å². The van der Waals surface area contributed by atoms with Crippen LogP contribution in [0.5, 0.6) is 5.75 Å². The number of hydrogen-bond donors (Lipinski definition) is 0. The highest BCUT2D eigenvalue weighted by atomic mass is 16.5. The Morgan fingerprint density at radius 1 is 1.00 bits per heavy atom. The van der Waals surface area contributed by atoms with Gasteiger partial charge in [-0.05, 0) is 55.2 Å². The van der Waals surface area contributed by atoms with Crippen molar-refractivity contribution in [2.75, 3.05) is 19.7 Å². The minimum Gasteiger partial charge on any atom is -0.493 e. The number of hydrogen-bond acceptors (Lipinski definition) is 6. The monoisotopic (exact) mass is 449 g/mol. The molecule has 3 heterocycles. The number of nitrogens with zero attached hydrogens (tertiary/aromatic N) is 3. The van der Waals surface area contributed by atoms with E-state index in [1.807, 2.05) is 55.1 Å². The van der Waals surface area contributed by atoms with Gasteiger partial charge >= 0.3 is 0 Å². The van der Waals surface area contributed by atoms with E-state index in [1.165, 1.54) is 4.90 Å². The second-order valence-electron chi connectivity index (χ2n) is 9.17. The molecular weight excluding hydrogens is 418 g/mol. The summed E-state index contributed by atoms with van der Waals surface area (Å²) in [5.41, 5.74) is 2.45. The Hall–Kier alpha value is -3.19. The van der Waals surface area contributed by atoms with E-state index >= 15 is 0 Å². The van der Waals surface area contributed by atoms with E-state index in [2.05, 4.69) is 18.8 Å². The Labute approximate surface area is 195 Å². The number of rotatable bonds is 7. The van der Waals surface area contributed by atoms with E-state index in [-0.39, 0.29) is 30.6 Å². The standard InChI is InChI=1S/C26H31N3O4/c1-17(2)16-32-22-7-5-21(6-8-22)23-24(28-13-18(3)33-19(4)14-28)26(31)29(25(23)30)15-20-9-11-27-12-10-20/h5-12,17-19H,13-16H2,1-4H3. The smallest absolute Gasteiger partial charge is 0.278 e. The molecule has 4 rings (SSSR count). The van der Waals surface area contributed by atoms with Gasteiger partial charge in [0.05, 0.1) is 30.9 Å². The second-order valence-corrected chi connectivity index (χ2v) is 9.17. The molecule has 0 N–H and O–H groups in total. The summed E-state index contributed by atoms with van der Waals surface area (Å²) in [4.78, 5) is 34.5. The van der Waals surface area contributed by atoms with Crippen LogP contribution in [-0.2, 0) is 20.9 Å². The molecule has 2 amide bonds. The van der Waals surface area contributed by atoms with E-state index < -0.39 is 0 Å². The maximum absolute atomic E-state index is 13.6. The fourth-order valence-corrected chi connectivity index (χ4v) is 4.27. The molecule has 0 spiro atoms. The molecule has 0 bridgehead atoms. The van der Waals surface area contributed by atoms with Crippen molar-refractivity contribution in [2.45, 2.75) is 46.4 Å². The van der Waals surface area contributed by atoms with Gasteiger partial charge in [-0.2, -0.15) is 0 Å². The number of carbonyl (C=O) groups is 2. The zero-order valence-electron chi connectivity index (χ0n) is 19.7. The van der Waals surface area contributed by atoms with Gasteiger partial charge in [0.1, 0.15) is 11.4 Å². The molecule has 1 aromatic heterocycles. The first kappa shape index (κ1) is 23.0. The van der Waals surface area contributed by atoms with Crippen molar-refractivity contribution < 1.29 is 19.1 Å². The number of aromatic nitrogens is 1. The van der Waals surface area contributed by atoms with Crippen LogP contribution < -0.4 is 4.74 Å². The van der Waals surface area contributed by atoms with Gasteiger partial charge in [-0.25, -0.2) is 0 Å². The molecule has 0 saturated carbocycles. The van der Waals surface area contributed by atoms with Crippen molar-refractivity contribution in [3.8, 4) is 5.75 Å². The highest BCUT2D eigenvalue weighted by Crippen LogP contribution is 2.34. The number of carbonyl (C=O) groups excluding carboxylic acids is 2. The molecule has 0 aliphatic carbocycles. The molecule has 7 nitrogen and oxygen atoms in total. The average Bonchev–Trinajstić information content (AvgIpc) is 3.03. The Morgan fingerprint density at radius 3 is 2.24 bits per heavy atom. The van der Waals surface area contributed by atoms with Crippen molar-refractivity contribution in [2.24, 2.45) is 5.92 Å². The van der Waals surface area contributed by atoms with Gasteiger partial charge in [-0.15, -0.1) is 0 Å². The van der Waals surface area contributed by atoms with Crippen molar-refractivity contribution in [1.29, 1.82) is 0 Å². The molecule has 7 heteroatoms. The van der Waals surface area contributed by atoms with Crippen LogP contribution in [0.15, 0.2) is 54.5 Å². The molecule has 2 atom stereocenters. The summed E-state index contributed by atoms with van der Waals surface area (Å²) >= 11 is 0. The highest BCUT2D eigenvalue weighted by molar-refractivity contribution is 6.35. The van der Waals surface area contributed by atoms with Crippen molar-refractivity contribution in [3.05, 3.63) is 65.6 Å². The lowest BCUT2D eigenvalue weighted by molar-refractivity contribution is -0.139. The Kier molecular flexibility index (Phi) is 6.79. The van der Waals surface area contributed by atoms with E-state index in [1.54, 1.807) is 12.4 Å². The predicted molar refractivity (Wildman–Crippen MR) is 125 cm³/mol. The van der Waals surface area contributed by atoms with Gasteiger partial charge in [-0.3, -0.25) is 19.5 Å². The number of imide groups is 1. The Balaban J connectivity index is 1.69. The second kappa shape index (κ2) is 9.75. The number of benzene rings is 1. The molecule has 0 radical (unpaired) electrons. The molecule has 2 aliphatic rings. The first-order valence-corrected chi connectivity index (χ1v) is 11.5. The molecule has 1 aromatic carbocycles. The maximum atomic E-state index is 13.6. The molecule has 2 aromatic rings. The van der Waals surface area contributed by atoms with Crippen LogP contribution >= 0.6 is 0 Å².